The van der Waals surface area contributed by atoms with Gasteiger partial charge >= 0.3 is 180 Å². The molecule has 1 aliphatic carbocycles. The zero-order chi connectivity index (χ0) is 20.8. The van der Waals surface area contributed by atoms with Gasteiger partial charge in [-0.1, -0.05) is 0 Å². The van der Waals surface area contributed by atoms with Crippen LogP contribution in [-0.2, 0) is 4.74 Å². The molecule has 3 heteroatoms. The minimum absolute atomic E-state index is 0.0450. The molecular weight excluding hydrogens is 451 g/mol. The van der Waals surface area contributed by atoms with Crippen molar-refractivity contribution in [1.82, 2.24) is 0 Å². The van der Waals surface area contributed by atoms with Gasteiger partial charge in [-0.2, -0.15) is 0 Å². The van der Waals surface area contributed by atoms with Crippen molar-refractivity contribution in [1.29, 1.82) is 0 Å². The number of fused-ring (bicyclic) bond motifs is 1. The third kappa shape index (κ3) is 5.19. The van der Waals surface area contributed by atoms with Gasteiger partial charge in [0.05, 0.1) is 0 Å². The summed E-state index contributed by atoms with van der Waals surface area (Å²) in [6, 6.07) is 0. The van der Waals surface area contributed by atoms with E-state index >= 15 is 0 Å². The standard InChI is InChI=1S/C13H21O2.3C4H9.Sn/c1-9-8-15-11-5-6-12(2,3)10(7-14)13(9,11)4;3*1-3-4-2;/h1,10-11,14H,5-8H2,2-4H3;3*1,3-4H2,2H3;/t10-,11+,13-;;;;/m0..../s1. The number of unbranched alkanes of at least 4 members (excludes halogenated alkanes) is 3. The van der Waals surface area contributed by atoms with Gasteiger partial charge in [0.15, 0.2) is 0 Å². The molecule has 1 saturated carbocycles. The summed E-state index contributed by atoms with van der Waals surface area (Å²) in [4.78, 5) is 0. The van der Waals surface area contributed by atoms with E-state index in [-0.39, 0.29) is 10.8 Å². The van der Waals surface area contributed by atoms with Crippen molar-refractivity contribution in [2.45, 2.75) is 112 Å². The van der Waals surface area contributed by atoms with Crippen molar-refractivity contribution in [3.05, 3.63) is 9.67 Å². The topological polar surface area (TPSA) is 29.5 Å². The van der Waals surface area contributed by atoms with Gasteiger partial charge in [0, 0.05) is 0 Å². The van der Waals surface area contributed by atoms with Crippen molar-refractivity contribution in [2.75, 3.05) is 13.2 Å². The van der Waals surface area contributed by atoms with Crippen LogP contribution in [0.25, 0.3) is 0 Å². The molecule has 1 heterocycles. The van der Waals surface area contributed by atoms with Crippen LogP contribution >= 0.6 is 0 Å². The predicted octanol–water partition coefficient (Wildman–Crippen LogP) is 7.13. The number of hydrogen-bond acceptors (Lipinski definition) is 2. The Kier molecular flexibility index (Phi) is 9.42. The molecular formula is C25H48O2Sn. The Morgan fingerprint density at radius 2 is 1.54 bits per heavy atom. The Morgan fingerprint density at radius 1 is 1.00 bits per heavy atom. The van der Waals surface area contributed by atoms with E-state index in [2.05, 4.69) is 45.6 Å². The van der Waals surface area contributed by atoms with E-state index in [1.165, 1.54) is 58.3 Å². The van der Waals surface area contributed by atoms with Gasteiger partial charge < -0.3 is 0 Å². The summed E-state index contributed by atoms with van der Waals surface area (Å²) < 4.78 is 13.9. The first-order valence-electron chi connectivity index (χ1n) is 12.2. The van der Waals surface area contributed by atoms with E-state index in [4.69, 9.17) is 4.74 Å². The van der Waals surface area contributed by atoms with Crippen LogP contribution in [0.15, 0.2) is 9.67 Å². The molecule has 0 aromatic heterocycles. The second-order valence-corrected chi connectivity index (χ2v) is 23.6. The van der Waals surface area contributed by atoms with Crippen LogP contribution in [0.3, 0.4) is 0 Å². The number of rotatable bonds is 11. The molecule has 0 bridgehead atoms. The van der Waals surface area contributed by atoms with Gasteiger partial charge in [-0.3, -0.25) is 0 Å². The van der Waals surface area contributed by atoms with Crippen LogP contribution in [-0.4, -0.2) is 42.8 Å². The molecule has 2 rings (SSSR count). The normalized spacial score (nSPS) is 31.3. The summed E-state index contributed by atoms with van der Waals surface area (Å²) in [6.07, 6.45) is 10.8. The summed E-state index contributed by atoms with van der Waals surface area (Å²) in [5, 5.41) is 10.4. The molecule has 2 fully saturated rings. The maximum absolute atomic E-state index is 10.4. The SMILES string of the molecule is CCC[CH2][Sn](/[CH]=C1\CO[C@@H]2CCC(C)(C)[C@H](CO)[C@]12C)([CH2]CCC)[CH2]CCC. The van der Waals surface area contributed by atoms with Gasteiger partial charge in [-0.05, 0) is 0 Å². The van der Waals surface area contributed by atoms with Crippen molar-refractivity contribution in [3.8, 4) is 0 Å². The molecule has 0 aromatic carbocycles. The van der Waals surface area contributed by atoms with Gasteiger partial charge in [-0.25, -0.2) is 0 Å². The average molecular weight is 499 g/mol. The number of aliphatic hydroxyl groups excluding tert-OH is 1. The van der Waals surface area contributed by atoms with Crippen LogP contribution in [0.1, 0.15) is 92.9 Å². The van der Waals surface area contributed by atoms with E-state index in [0.29, 0.717) is 18.6 Å². The first-order chi connectivity index (χ1) is 13.3. The molecule has 1 saturated heterocycles. The quantitative estimate of drug-likeness (QED) is 0.307. The fraction of sp³-hybridized carbons (Fsp3) is 0.920. The van der Waals surface area contributed by atoms with Crippen molar-refractivity contribution in [2.24, 2.45) is 16.7 Å². The van der Waals surface area contributed by atoms with E-state index in [9.17, 15) is 5.11 Å². The fourth-order valence-electron chi connectivity index (χ4n) is 6.23. The third-order valence-electron chi connectivity index (χ3n) is 8.27. The van der Waals surface area contributed by atoms with Crippen LogP contribution < -0.4 is 0 Å². The minimum atomic E-state index is -2.37. The fourth-order valence-corrected chi connectivity index (χ4v) is 21.9. The number of aliphatic hydroxyl groups is 1. The average Bonchev–Trinajstić information content (AvgIpc) is 2.98. The Bertz CT molecular complexity index is 491. The van der Waals surface area contributed by atoms with Crippen molar-refractivity contribution in [3.63, 3.8) is 0 Å². The van der Waals surface area contributed by atoms with Crippen LogP contribution in [0.4, 0.5) is 0 Å². The number of hydrogen-bond donors (Lipinski definition) is 1. The Morgan fingerprint density at radius 3 is 2.00 bits per heavy atom. The van der Waals surface area contributed by atoms with E-state index < -0.39 is 18.4 Å². The van der Waals surface area contributed by atoms with E-state index in [1.807, 2.05) is 0 Å². The van der Waals surface area contributed by atoms with Crippen LogP contribution in [0.2, 0.25) is 13.3 Å². The molecule has 2 nitrogen and oxygen atoms in total. The van der Waals surface area contributed by atoms with Gasteiger partial charge in [-0.15, -0.1) is 0 Å². The molecule has 0 radical (unpaired) electrons. The number of ether oxygens (including phenoxy) is 1. The summed E-state index contributed by atoms with van der Waals surface area (Å²) in [6.45, 7) is 15.4. The molecule has 1 N–H and O–H groups in total. The zero-order valence-electron chi connectivity index (χ0n) is 19.8. The van der Waals surface area contributed by atoms with Gasteiger partial charge in [0.2, 0.25) is 0 Å². The Labute approximate surface area is 179 Å². The molecule has 0 unspecified atom stereocenters. The first kappa shape index (κ1) is 24.7. The van der Waals surface area contributed by atoms with Crippen LogP contribution in [0.5, 0.6) is 0 Å². The van der Waals surface area contributed by atoms with E-state index in [0.717, 1.165) is 13.0 Å². The van der Waals surface area contributed by atoms with E-state index in [1.54, 1.807) is 5.57 Å². The third-order valence-corrected chi connectivity index (χ3v) is 22.6. The Balaban J connectivity index is 2.44. The summed E-state index contributed by atoms with van der Waals surface area (Å²) in [7, 11) is 0. The monoisotopic (exact) mass is 500 g/mol. The maximum atomic E-state index is 10.4. The second-order valence-electron chi connectivity index (χ2n) is 10.7. The molecule has 0 spiro atoms. The van der Waals surface area contributed by atoms with Crippen molar-refractivity contribution >= 4 is 18.4 Å². The predicted molar refractivity (Wildman–Crippen MR) is 124 cm³/mol. The first-order valence-corrected chi connectivity index (χ1v) is 19.9. The van der Waals surface area contributed by atoms with Gasteiger partial charge in [0.1, 0.15) is 0 Å². The molecule has 2 aliphatic rings. The summed E-state index contributed by atoms with van der Waals surface area (Å²) in [5.41, 5.74) is 1.84. The second kappa shape index (κ2) is 10.7. The molecule has 164 valence electrons. The molecule has 28 heavy (non-hydrogen) atoms. The summed E-state index contributed by atoms with van der Waals surface area (Å²) in [5.74, 6) is 0.319. The molecule has 1 aliphatic heterocycles. The summed E-state index contributed by atoms with van der Waals surface area (Å²) >= 11 is -2.37. The zero-order valence-corrected chi connectivity index (χ0v) is 22.6. The van der Waals surface area contributed by atoms with Crippen LogP contribution in [0, 0.1) is 16.7 Å². The molecule has 0 amide bonds. The molecule has 3 atom stereocenters. The van der Waals surface area contributed by atoms with Gasteiger partial charge in [0.25, 0.3) is 0 Å². The Hall–Kier alpha value is 0.459. The van der Waals surface area contributed by atoms with Crippen molar-refractivity contribution < 1.29 is 9.84 Å². The molecule has 0 aromatic rings.